The zero-order valence-corrected chi connectivity index (χ0v) is 18.2. The van der Waals surface area contributed by atoms with Crippen LogP contribution < -0.4 is 4.74 Å². The molecule has 0 bridgehead atoms. The van der Waals surface area contributed by atoms with E-state index in [2.05, 4.69) is 41.5 Å². The summed E-state index contributed by atoms with van der Waals surface area (Å²) in [5.41, 5.74) is 4.92. The second-order valence-electron chi connectivity index (χ2n) is 9.11. The Kier molecular flexibility index (Phi) is 5.97. The maximum absolute atomic E-state index is 11.4. The fourth-order valence-corrected chi connectivity index (χ4v) is 5.19. The number of rotatable bonds is 8. The van der Waals surface area contributed by atoms with Crippen LogP contribution in [0, 0.1) is 5.92 Å². The number of aliphatic hydroxyl groups is 1. The third kappa shape index (κ3) is 4.35. The van der Waals surface area contributed by atoms with Crippen LogP contribution in [-0.2, 0) is 4.74 Å². The highest BCUT2D eigenvalue weighted by Gasteiger charge is 2.34. The number of ether oxygens (including phenoxy) is 2. The summed E-state index contributed by atoms with van der Waals surface area (Å²) in [5, 5.41) is 11.4. The Bertz CT molecular complexity index is 1000. The van der Waals surface area contributed by atoms with Gasteiger partial charge in [-0.1, -0.05) is 12.1 Å². The summed E-state index contributed by atoms with van der Waals surface area (Å²) in [6.45, 7) is 1.18. The molecule has 1 aromatic carbocycles. The summed E-state index contributed by atoms with van der Waals surface area (Å²) in [6.07, 6.45) is 12.2. The van der Waals surface area contributed by atoms with Crippen molar-refractivity contribution in [1.29, 1.82) is 0 Å². The topological polar surface area (TPSA) is 56.0 Å². The Morgan fingerprint density at radius 2 is 1.74 bits per heavy atom. The lowest BCUT2D eigenvalue weighted by Crippen LogP contribution is -2.21. The molecule has 0 saturated heterocycles. The van der Waals surface area contributed by atoms with Crippen molar-refractivity contribution in [3.05, 3.63) is 65.7 Å². The van der Waals surface area contributed by atoms with Gasteiger partial charge in [-0.05, 0) is 85.6 Å². The first-order valence-corrected chi connectivity index (χ1v) is 11.6. The molecule has 0 spiro atoms. The summed E-state index contributed by atoms with van der Waals surface area (Å²) >= 11 is 0. The number of methoxy groups -OCH3 is 1. The Morgan fingerprint density at radius 3 is 2.45 bits per heavy atom. The average Bonchev–Trinajstić information content (AvgIpc) is 3.55. The quantitative estimate of drug-likeness (QED) is 0.506. The molecule has 5 rings (SSSR count). The van der Waals surface area contributed by atoms with E-state index in [0.29, 0.717) is 31.0 Å². The van der Waals surface area contributed by atoms with Gasteiger partial charge in [0.15, 0.2) is 0 Å². The zero-order chi connectivity index (χ0) is 21.2. The zero-order valence-electron chi connectivity index (χ0n) is 18.2. The van der Waals surface area contributed by atoms with E-state index in [1.165, 1.54) is 24.0 Å². The molecular formula is C26H32N2O3. The first-order chi connectivity index (χ1) is 15.2. The predicted molar refractivity (Wildman–Crippen MR) is 121 cm³/mol. The molecular weight excluding hydrogens is 388 g/mol. The highest BCUT2D eigenvalue weighted by Crippen LogP contribution is 2.48. The molecule has 1 atom stereocenters. The standard InChI is InChI=1S/C26H32N2O3/c1-30-14-15-31-22-10-8-19(9-11-22)18-2-6-21(7-3-18)26(29)25-23(20-4-5-20)12-13-28-17-27-16-24(25)28/h8-13,16-18,20-21,26,29H,2-7,14-15H2,1H3/t18-,21-,26-/m1/s1. The number of aliphatic hydroxyl groups excluding tert-OH is 1. The van der Waals surface area contributed by atoms with Gasteiger partial charge >= 0.3 is 0 Å². The van der Waals surface area contributed by atoms with Crippen molar-refractivity contribution in [2.75, 3.05) is 20.3 Å². The lowest BCUT2D eigenvalue weighted by atomic mass is 9.75. The smallest absolute Gasteiger partial charge is 0.119 e. The van der Waals surface area contributed by atoms with Crippen LogP contribution in [0.5, 0.6) is 5.75 Å². The number of hydrogen-bond donors (Lipinski definition) is 1. The van der Waals surface area contributed by atoms with Crippen molar-refractivity contribution in [1.82, 2.24) is 9.38 Å². The number of benzene rings is 1. The summed E-state index contributed by atoms with van der Waals surface area (Å²) in [6, 6.07) is 10.7. The Labute approximate surface area is 184 Å². The number of nitrogens with zero attached hydrogens (tertiary/aromatic N) is 2. The van der Waals surface area contributed by atoms with E-state index >= 15 is 0 Å². The third-order valence-electron chi connectivity index (χ3n) is 7.11. The minimum atomic E-state index is -0.409. The maximum Gasteiger partial charge on any atom is 0.119 e. The number of pyridine rings is 1. The molecule has 31 heavy (non-hydrogen) atoms. The minimum Gasteiger partial charge on any atom is -0.491 e. The number of fused-ring (bicyclic) bond motifs is 1. The van der Waals surface area contributed by atoms with Gasteiger partial charge in [0.1, 0.15) is 12.4 Å². The van der Waals surface area contributed by atoms with E-state index in [1.807, 2.05) is 16.9 Å². The fourth-order valence-electron chi connectivity index (χ4n) is 5.19. The van der Waals surface area contributed by atoms with E-state index in [9.17, 15) is 5.11 Å². The maximum atomic E-state index is 11.4. The molecule has 5 nitrogen and oxygen atoms in total. The van der Waals surface area contributed by atoms with E-state index < -0.39 is 6.10 Å². The van der Waals surface area contributed by atoms with E-state index in [1.54, 1.807) is 7.11 Å². The van der Waals surface area contributed by atoms with Gasteiger partial charge in [0, 0.05) is 18.9 Å². The first-order valence-electron chi connectivity index (χ1n) is 11.6. The molecule has 2 aliphatic rings. The number of imidazole rings is 1. The molecule has 0 amide bonds. The average molecular weight is 421 g/mol. The Hall–Kier alpha value is -2.37. The van der Waals surface area contributed by atoms with Crippen LogP contribution in [0.25, 0.3) is 5.52 Å². The van der Waals surface area contributed by atoms with Crippen LogP contribution in [-0.4, -0.2) is 34.8 Å². The van der Waals surface area contributed by atoms with Gasteiger partial charge in [0.2, 0.25) is 0 Å². The van der Waals surface area contributed by atoms with E-state index in [0.717, 1.165) is 42.5 Å². The van der Waals surface area contributed by atoms with Gasteiger partial charge in [-0.25, -0.2) is 4.98 Å². The SMILES string of the molecule is COCCOc1ccc([C@H]2CC[C@H]([C@@H](O)c3c(C4CC4)ccn4cncc34)CC2)cc1. The van der Waals surface area contributed by atoms with Gasteiger partial charge in [-0.3, -0.25) is 0 Å². The molecule has 3 aromatic rings. The van der Waals surface area contributed by atoms with Crippen LogP contribution in [0.2, 0.25) is 0 Å². The lowest BCUT2D eigenvalue weighted by molar-refractivity contribution is 0.0810. The van der Waals surface area contributed by atoms with Crippen LogP contribution in [0.1, 0.15) is 73.2 Å². The fraction of sp³-hybridized carbons (Fsp3) is 0.500. The predicted octanol–water partition coefficient (Wildman–Crippen LogP) is 5.24. The summed E-state index contributed by atoms with van der Waals surface area (Å²) < 4.78 is 12.8. The molecule has 0 radical (unpaired) electrons. The van der Waals surface area contributed by atoms with Crippen molar-refractivity contribution in [3.8, 4) is 5.75 Å². The molecule has 2 aromatic heterocycles. The number of hydrogen-bond acceptors (Lipinski definition) is 4. The lowest BCUT2D eigenvalue weighted by Gasteiger charge is -2.33. The largest absolute Gasteiger partial charge is 0.491 e. The van der Waals surface area contributed by atoms with Crippen molar-refractivity contribution in [2.45, 2.75) is 56.5 Å². The van der Waals surface area contributed by atoms with Crippen molar-refractivity contribution >= 4 is 5.52 Å². The van der Waals surface area contributed by atoms with Crippen LogP contribution in [0.15, 0.2) is 49.1 Å². The molecule has 0 unspecified atom stereocenters. The summed E-state index contributed by atoms with van der Waals surface area (Å²) in [7, 11) is 1.68. The van der Waals surface area contributed by atoms with Crippen LogP contribution in [0.4, 0.5) is 0 Å². The van der Waals surface area contributed by atoms with Gasteiger partial charge in [-0.2, -0.15) is 0 Å². The normalized spacial score (nSPS) is 22.5. The van der Waals surface area contributed by atoms with Gasteiger partial charge in [-0.15, -0.1) is 0 Å². The Morgan fingerprint density at radius 1 is 1.00 bits per heavy atom. The van der Waals surface area contributed by atoms with Crippen LogP contribution in [0.3, 0.4) is 0 Å². The van der Waals surface area contributed by atoms with Gasteiger partial charge < -0.3 is 19.0 Å². The second kappa shape index (κ2) is 9.01. The molecule has 2 fully saturated rings. The van der Waals surface area contributed by atoms with Gasteiger partial charge in [0.25, 0.3) is 0 Å². The Balaban J connectivity index is 1.25. The van der Waals surface area contributed by atoms with Crippen molar-refractivity contribution in [2.24, 2.45) is 5.92 Å². The molecule has 2 aliphatic carbocycles. The van der Waals surface area contributed by atoms with E-state index in [-0.39, 0.29) is 0 Å². The molecule has 1 N–H and O–H groups in total. The van der Waals surface area contributed by atoms with Gasteiger partial charge in [0.05, 0.1) is 30.8 Å². The summed E-state index contributed by atoms with van der Waals surface area (Å²) in [4.78, 5) is 4.33. The third-order valence-corrected chi connectivity index (χ3v) is 7.11. The molecule has 0 aliphatic heterocycles. The molecule has 164 valence electrons. The monoisotopic (exact) mass is 420 g/mol. The number of aromatic nitrogens is 2. The first kappa shape index (κ1) is 20.5. The van der Waals surface area contributed by atoms with Crippen LogP contribution >= 0.6 is 0 Å². The highest BCUT2D eigenvalue weighted by atomic mass is 16.5. The van der Waals surface area contributed by atoms with E-state index in [4.69, 9.17) is 9.47 Å². The highest BCUT2D eigenvalue weighted by molar-refractivity contribution is 5.59. The van der Waals surface area contributed by atoms with Crippen molar-refractivity contribution < 1.29 is 14.6 Å². The molecule has 2 saturated carbocycles. The molecule has 2 heterocycles. The minimum absolute atomic E-state index is 0.312. The summed E-state index contributed by atoms with van der Waals surface area (Å²) in [5.74, 6) is 2.38. The second-order valence-corrected chi connectivity index (χ2v) is 9.11. The van der Waals surface area contributed by atoms with Crippen molar-refractivity contribution in [3.63, 3.8) is 0 Å². The molecule has 5 heteroatoms.